The summed E-state index contributed by atoms with van der Waals surface area (Å²) in [6, 6.07) is 1.40. The fourth-order valence-corrected chi connectivity index (χ4v) is 8.13. The highest BCUT2D eigenvalue weighted by Gasteiger charge is 2.22. The smallest absolute Gasteiger partial charge is 0.0920 e. The van der Waals surface area contributed by atoms with Gasteiger partial charge in [-0.05, 0) is 25.3 Å². The Kier molecular flexibility index (Phi) is 23.6. The van der Waals surface area contributed by atoms with Crippen molar-refractivity contribution in [3.8, 4) is 0 Å². The summed E-state index contributed by atoms with van der Waals surface area (Å²) in [5.74, 6) is 0. The second-order valence-electron chi connectivity index (χ2n) is 9.60. The normalized spacial score (nSPS) is 14.3. The topological polar surface area (TPSA) is 0 Å². The van der Waals surface area contributed by atoms with E-state index in [1.165, 1.54) is 109 Å². The molecule has 1 heteroatoms. The lowest BCUT2D eigenvalue weighted by Gasteiger charge is -2.21. The van der Waals surface area contributed by atoms with E-state index < -0.39 is 8.07 Å². The molecule has 0 radical (unpaired) electrons. The van der Waals surface area contributed by atoms with Gasteiger partial charge in [0.1, 0.15) is 8.07 Å². The van der Waals surface area contributed by atoms with E-state index in [0.717, 1.165) is 19.3 Å². The molecule has 0 heterocycles. The summed E-state index contributed by atoms with van der Waals surface area (Å²) in [7, 11) is -1.51. The van der Waals surface area contributed by atoms with Gasteiger partial charge in [0.15, 0.2) is 0 Å². The first kappa shape index (κ1) is 30.4. The molecule has 0 spiro atoms. The molecule has 0 amide bonds. The third kappa shape index (κ3) is 19.8. The van der Waals surface area contributed by atoms with Crippen LogP contribution in [0.5, 0.6) is 0 Å². The number of rotatable bonds is 23. The lowest BCUT2D eigenvalue weighted by atomic mass is 10.0. The summed E-state index contributed by atoms with van der Waals surface area (Å²) in [5.41, 5.74) is 7.78. The molecule has 0 saturated carbocycles. The zero-order chi connectivity index (χ0) is 22.9. The van der Waals surface area contributed by atoms with Crippen molar-refractivity contribution in [1.82, 2.24) is 0 Å². The maximum absolute atomic E-state index is 2.59. The van der Waals surface area contributed by atoms with Gasteiger partial charge in [-0.3, -0.25) is 0 Å². The van der Waals surface area contributed by atoms with Gasteiger partial charge < -0.3 is 0 Å². The van der Waals surface area contributed by atoms with Gasteiger partial charge in [0.2, 0.25) is 0 Å². The van der Waals surface area contributed by atoms with Gasteiger partial charge in [-0.25, -0.2) is 0 Å². The highest BCUT2D eigenvalue weighted by Crippen LogP contribution is 2.22. The first-order valence-corrected chi connectivity index (χ1v) is 16.7. The van der Waals surface area contributed by atoms with Crippen LogP contribution < -0.4 is 0 Å². The van der Waals surface area contributed by atoms with Crippen molar-refractivity contribution >= 4 is 8.07 Å². The van der Waals surface area contributed by atoms with Crippen LogP contribution in [-0.4, -0.2) is 8.07 Å². The average molecular weight is 447 g/mol. The summed E-state index contributed by atoms with van der Waals surface area (Å²) >= 11 is 0. The molecule has 0 aromatic carbocycles. The Balaban J connectivity index is 3.82. The molecule has 182 valence electrons. The molecule has 0 fully saturated rings. The zero-order valence-electron chi connectivity index (χ0n) is 22.1. The third-order valence-corrected chi connectivity index (χ3v) is 10.2. The highest BCUT2D eigenvalue weighted by molar-refractivity contribution is 6.93. The molecule has 0 atom stereocenters. The molecule has 0 aliphatic heterocycles. The molecule has 0 aromatic rings. The Morgan fingerprint density at radius 2 is 0.677 bits per heavy atom. The zero-order valence-corrected chi connectivity index (χ0v) is 23.1. The molecule has 0 N–H and O–H groups in total. The maximum atomic E-state index is 2.59. The Morgan fingerprint density at radius 3 is 0.968 bits per heavy atom. The fourth-order valence-electron chi connectivity index (χ4n) is 4.41. The first-order chi connectivity index (χ1) is 15.2. The van der Waals surface area contributed by atoms with Gasteiger partial charge in [0, 0.05) is 0 Å². The summed E-state index contributed by atoms with van der Waals surface area (Å²) in [6.45, 7) is 9.09. The molecule has 0 bridgehead atoms. The van der Waals surface area contributed by atoms with Crippen molar-refractivity contribution in [2.45, 2.75) is 156 Å². The van der Waals surface area contributed by atoms with E-state index in [4.69, 9.17) is 0 Å². The van der Waals surface area contributed by atoms with E-state index >= 15 is 0 Å². The number of unbranched alkanes of at least 4 members (excludes halogenated alkanes) is 15. The van der Waals surface area contributed by atoms with Crippen molar-refractivity contribution in [2.75, 3.05) is 0 Å². The fraction of sp³-hybridized carbons (Fsp3) is 0.800. The first-order valence-electron chi connectivity index (χ1n) is 14.3. The molecule has 31 heavy (non-hydrogen) atoms. The van der Waals surface area contributed by atoms with Crippen molar-refractivity contribution in [3.63, 3.8) is 0 Å². The van der Waals surface area contributed by atoms with Crippen LogP contribution in [0.1, 0.15) is 150 Å². The summed E-state index contributed by atoms with van der Waals surface area (Å²) in [4.78, 5) is 0. The van der Waals surface area contributed by atoms with Crippen LogP contribution in [0.15, 0.2) is 35.3 Å². The van der Waals surface area contributed by atoms with E-state index in [-0.39, 0.29) is 0 Å². The second kappa shape index (κ2) is 24.1. The lowest BCUT2D eigenvalue weighted by Crippen LogP contribution is -2.27. The van der Waals surface area contributed by atoms with Crippen LogP contribution in [0, 0.1) is 0 Å². The van der Waals surface area contributed by atoms with Gasteiger partial charge in [-0.2, -0.15) is 0 Å². The minimum atomic E-state index is -1.51. The van der Waals surface area contributed by atoms with E-state index in [9.17, 15) is 0 Å². The predicted molar refractivity (Wildman–Crippen MR) is 148 cm³/mol. The summed E-state index contributed by atoms with van der Waals surface area (Å²) in [6.07, 6.45) is 33.9. The maximum Gasteiger partial charge on any atom is 0.125 e. The number of hydrogen-bond acceptors (Lipinski definition) is 0. The molecule has 0 aliphatic carbocycles. The molecule has 0 saturated heterocycles. The SMILES string of the molecule is CCC=C[Si](C=CCC)(C=CCC)CCCCCCCCCCCCCCCCCC. The van der Waals surface area contributed by atoms with Crippen LogP contribution in [-0.2, 0) is 0 Å². The molecule has 0 aromatic heterocycles. The van der Waals surface area contributed by atoms with Crippen LogP contribution in [0.2, 0.25) is 6.04 Å². The van der Waals surface area contributed by atoms with Crippen LogP contribution in [0.3, 0.4) is 0 Å². The van der Waals surface area contributed by atoms with Crippen LogP contribution in [0.4, 0.5) is 0 Å². The lowest BCUT2D eigenvalue weighted by molar-refractivity contribution is 0.531. The Labute approximate surface area is 199 Å². The standard InChI is InChI=1S/C30H58Si/c1-5-9-13-14-15-16-17-18-19-20-21-22-23-24-25-26-30-31(27-10-6-2,28-11-7-3)29-12-8-4/h10-12,27-29H,5-9,13-26,30H2,1-4H3. The Hall–Kier alpha value is -0.563. The minimum Gasteiger partial charge on any atom is -0.0920 e. The van der Waals surface area contributed by atoms with E-state index in [1.54, 1.807) is 0 Å². The molecule has 0 nitrogen and oxygen atoms in total. The largest absolute Gasteiger partial charge is 0.125 e. The quantitative estimate of drug-likeness (QED) is 0.108. The van der Waals surface area contributed by atoms with Gasteiger partial charge in [-0.1, -0.05) is 166 Å². The van der Waals surface area contributed by atoms with Crippen molar-refractivity contribution in [3.05, 3.63) is 35.3 Å². The molecule has 0 unspecified atom stereocenters. The van der Waals surface area contributed by atoms with Crippen molar-refractivity contribution < 1.29 is 0 Å². The third-order valence-electron chi connectivity index (χ3n) is 6.45. The van der Waals surface area contributed by atoms with Crippen LogP contribution >= 0.6 is 0 Å². The van der Waals surface area contributed by atoms with Gasteiger partial charge >= 0.3 is 0 Å². The molecule has 0 aliphatic rings. The predicted octanol–water partition coefficient (Wildman–Crippen LogP) is 11.2. The highest BCUT2D eigenvalue weighted by atomic mass is 28.3. The Morgan fingerprint density at radius 1 is 0.387 bits per heavy atom. The molecular weight excluding hydrogens is 388 g/mol. The minimum absolute atomic E-state index is 1.16. The van der Waals surface area contributed by atoms with Gasteiger partial charge in [0.25, 0.3) is 0 Å². The summed E-state index contributed by atoms with van der Waals surface area (Å²) in [5, 5.41) is 0. The van der Waals surface area contributed by atoms with Crippen molar-refractivity contribution in [2.24, 2.45) is 0 Å². The second-order valence-corrected chi connectivity index (χ2v) is 13.3. The van der Waals surface area contributed by atoms with Gasteiger partial charge in [-0.15, -0.1) is 0 Å². The van der Waals surface area contributed by atoms with E-state index in [0.29, 0.717) is 0 Å². The average Bonchev–Trinajstić information content (AvgIpc) is 2.79. The molecular formula is C30H58Si. The van der Waals surface area contributed by atoms with E-state index in [1.807, 2.05) is 0 Å². The molecule has 0 rings (SSSR count). The number of hydrogen-bond donors (Lipinski definition) is 0. The summed E-state index contributed by atoms with van der Waals surface area (Å²) < 4.78 is 0. The van der Waals surface area contributed by atoms with Crippen LogP contribution in [0.25, 0.3) is 0 Å². The van der Waals surface area contributed by atoms with Crippen molar-refractivity contribution in [1.29, 1.82) is 0 Å². The van der Waals surface area contributed by atoms with E-state index in [2.05, 4.69) is 63.0 Å². The van der Waals surface area contributed by atoms with Gasteiger partial charge in [0.05, 0.1) is 0 Å². The number of allylic oxidation sites excluding steroid dienone is 3. The Bertz CT molecular complexity index is 396. The monoisotopic (exact) mass is 446 g/mol.